The van der Waals surface area contributed by atoms with Gasteiger partial charge in [-0.1, -0.05) is 0 Å². The summed E-state index contributed by atoms with van der Waals surface area (Å²) in [5.74, 6) is -1.03. The summed E-state index contributed by atoms with van der Waals surface area (Å²) in [5.41, 5.74) is -0.917. The van der Waals surface area contributed by atoms with Gasteiger partial charge >= 0.3 is 5.97 Å². The molecule has 0 aromatic heterocycles. The molecule has 6 heteroatoms. The van der Waals surface area contributed by atoms with Gasteiger partial charge in [-0.15, -0.1) is 0 Å². The molecule has 104 valence electrons. The van der Waals surface area contributed by atoms with Gasteiger partial charge in [0.05, 0.1) is 11.5 Å². The van der Waals surface area contributed by atoms with Crippen molar-refractivity contribution in [2.45, 2.75) is 31.8 Å². The standard InChI is InChI=1S/C12H21NO4S/c1-12(17,7-18-2)6-13-10(14)8-3-4-9(5-8)11(15)16/h8-9,17H,3-7H2,1-2H3,(H,13,14)(H,15,16)/t8-,9+,12?/m1/s1. The molecule has 0 aromatic rings. The van der Waals surface area contributed by atoms with Crippen LogP contribution in [0.4, 0.5) is 0 Å². The molecule has 5 nitrogen and oxygen atoms in total. The average Bonchev–Trinajstić information content (AvgIpc) is 2.75. The fourth-order valence-corrected chi connectivity index (χ4v) is 2.95. The lowest BCUT2D eigenvalue weighted by Gasteiger charge is -2.23. The lowest BCUT2D eigenvalue weighted by atomic mass is 10.0. The number of nitrogens with one attached hydrogen (secondary N) is 1. The molecule has 3 N–H and O–H groups in total. The highest BCUT2D eigenvalue weighted by molar-refractivity contribution is 7.98. The monoisotopic (exact) mass is 275 g/mol. The van der Waals surface area contributed by atoms with Gasteiger partial charge in [0.1, 0.15) is 0 Å². The summed E-state index contributed by atoms with van der Waals surface area (Å²) in [7, 11) is 0. The number of thioether (sulfide) groups is 1. The molecule has 0 bridgehead atoms. The minimum absolute atomic E-state index is 0.139. The van der Waals surface area contributed by atoms with E-state index in [0.717, 1.165) is 0 Å². The van der Waals surface area contributed by atoms with Crippen molar-refractivity contribution in [1.29, 1.82) is 0 Å². The maximum atomic E-state index is 11.8. The van der Waals surface area contributed by atoms with E-state index in [9.17, 15) is 14.7 Å². The van der Waals surface area contributed by atoms with Gasteiger partial charge in [0.25, 0.3) is 0 Å². The third-order valence-corrected chi connectivity index (χ3v) is 4.16. The molecule has 0 aliphatic heterocycles. The van der Waals surface area contributed by atoms with Gasteiger partial charge in [0, 0.05) is 18.2 Å². The number of carbonyl (C=O) groups is 2. The zero-order valence-corrected chi connectivity index (χ0v) is 11.6. The Labute approximate surface area is 111 Å². The Balaban J connectivity index is 2.36. The van der Waals surface area contributed by atoms with Crippen LogP contribution in [0.15, 0.2) is 0 Å². The van der Waals surface area contributed by atoms with E-state index in [1.165, 1.54) is 11.8 Å². The first kappa shape index (κ1) is 15.3. The summed E-state index contributed by atoms with van der Waals surface area (Å²) in [6, 6.07) is 0. The van der Waals surface area contributed by atoms with E-state index >= 15 is 0 Å². The smallest absolute Gasteiger partial charge is 0.306 e. The molecule has 18 heavy (non-hydrogen) atoms. The van der Waals surface area contributed by atoms with Crippen LogP contribution in [0.3, 0.4) is 0 Å². The maximum Gasteiger partial charge on any atom is 0.306 e. The first-order chi connectivity index (χ1) is 8.35. The van der Waals surface area contributed by atoms with Crippen LogP contribution in [-0.4, -0.2) is 46.2 Å². The number of aliphatic hydroxyl groups is 1. The number of carboxylic acids is 1. The van der Waals surface area contributed by atoms with Crippen molar-refractivity contribution in [2.75, 3.05) is 18.6 Å². The molecule has 3 atom stereocenters. The summed E-state index contributed by atoms with van der Waals surface area (Å²) in [5, 5.41) is 21.5. The van der Waals surface area contributed by atoms with Crippen LogP contribution in [0.1, 0.15) is 26.2 Å². The lowest BCUT2D eigenvalue weighted by Crippen LogP contribution is -2.44. The Morgan fingerprint density at radius 3 is 2.50 bits per heavy atom. The Morgan fingerprint density at radius 2 is 2.00 bits per heavy atom. The van der Waals surface area contributed by atoms with Crippen molar-refractivity contribution in [2.24, 2.45) is 11.8 Å². The normalized spacial score (nSPS) is 26.6. The molecular weight excluding hydrogens is 254 g/mol. The molecule has 1 aliphatic rings. The SMILES string of the molecule is CSCC(C)(O)CNC(=O)[C@@H]1CC[C@H](C(=O)O)C1. The topological polar surface area (TPSA) is 86.6 Å². The molecule has 0 aromatic carbocycles. The number of rotatable bonds is 6. The van der Waals surface area contributed by atoms with Crippen molar-refractivity contribution < 1.29 is 19.8 Å². The predicted octanol–water partition coefficient (Wildman–Crippen LogP) is 0.717. The Bertz CT molecular complexity index is 319. The lowest BCUT2D eigenvalue weighted by molar-refractivity contribution is -0.141. The van der Waals surface area contributed by atoms with E-state index in [2.05, 4.69) is 5.32 Å². The second-order valence-corrected chi connectivity index (χ2v) is 6.06. The quantitative estimate of drug-likeness (QED) is 0.665. The molecule has 1 amide bonds. The van der Waals surface area contributed by atoms with E-state index in [1.54, 1.807) is 6.92 Å². The van der Waals surface area contributed by atoms with E-state index < -0.39 is 17.5 Å². The van der Waals surface area contributed by atoms with Crippen LogP contribution < -0.4 is 5.32 Å². The number of hydrogen-bond donors (Lipinski definition) is 3. The molecule has 0 spiro atoms. The van der Waals surface area contributed by atoms with Crippen LogP contribution >= 0.6 is 11.8 Å². The van der Waals surface area contributed by atoms with Gasteiger partial charge in [0.2, 0.25) is 5.91 Å². The molecule has 1 saturated carbocycles. The van der Waals surface area contributed by atoms with E-state index in [4.69, 9.17) is 5.11 Å². The van der Waals surface area contributed by atoms with Gasteiger partial charge in [0.15, 0.2) is 0 Å². The van der Waals surface area contributed by atoms with Crippen LogP contribution in [0.2, 0.25) is 0 Å². The summed E-state index contributed by atoms with van der Waals surface area (Å²) in [4.78, 5) is 22.6. The van der Waals surface area contributed by atoms with Crippen molar-refractivity contribution in [3.05, 3.63) is 0 Å². The maximum absolute atomic E-state index is 11.8. The van der Waals surface area contributed by atoms with Crippen molar-refractivity contribution >= 4 is 23.6 Å². The van der Waals surface area contributed by atoms with Gasteiger partial charge < -0.3 is 15.5 Å². The molecule has 0 saturated heterocycles. The zero-order valence-electron chi connectivity index (χ0n) is 10.8. The number of amides is 1. The summed E-state index contributed by atoms with van der Waals surface area (Å²) < 4.78 is 0. The van der Waals surface area contributed by atoms with Crippen LogP contribution in [0.25, 0.3) is 0 Å². The first-order valence-electron chi connectivity index (χ1n) is 6.07. The number of aliphatic carboxylic acids is 1. The molecule has 1 unspecified atom stereocenters. The van der Waals surface area contributed by atoms with E-state index in [1.807, 2.05) is 6.26 Å². The van der Waals surface area contributed by atoms with Crippen LogP contribution in [0, 0.1) is 11.8 Å². The predicted molar refractivity (Wildman–Crippen MR) is 70.5 cm³/mol. The number of hydrogen-bond acceptors (Lipinski definition) is 4. The van der Waals surface area contributed by atoms with Crippen molar-refractivity contribution in [3.8, 4) is 0 Å². The third-order valence-electron chi connectivity index (χ3n) is 3.25. The van der Waals surface area contributed by atoms with Gasteiger partial charge in [-0.25, -0.2) is 0 Å². The van der Waals surface area contributed by atoms with Crippen molar-refractivity contribution in [3.63, 3.8) is 0 Å². The first-order valence-corrected chi connectivity index (χ1v) is 7.47. The molecule has 0 radical (unpaired) electrons. The van der Waals surface area contributed by atoms with E-state index in [0.29, 0.717) is 25.0 Å². The minimum atomic E-state index is -0.917. The second kappa shape index (κ2) is 6.43. The highest BCUT2D eigenvalue weighted by Crippen LogP contribution is 2.31. The summed E-state index contributed by atoms with van der Waals surface area (Å²) in [6.45, 7) is 1.89. The Kier molecular flexibility index (Phi) is 5.47. The second-order valence-electron chi connectivity index (χ2n) is 5.19. The summed E-state index contributed by atoms with van der Waals surface area (Å²) in [6.07, 6.45) is 3.48. The number of carbonyl (C=O) groups excluding carboxylic acids is 1. The number of carboxylic acid groups (broad SMARTS) is 1. The molecular formula is C12H21NO4S. The van der Waals surface area contributed by atoms with Gasteiger partial charge in [-0.3, -0.25) is 9.59 Å². The highest BCUT2D eigenvalue weighted by Gasteiger charge is 2.34. The largest absolute Gasteiger partial charge is 0.481 e. The molecule has 1 rings (SSSR count). The minimum Gasteiger partial charge on any atom is -0.481 e. The fourth-order valence-electron chi connectivity index (χ4n) is 2.23. The van der Waals surface area contributed by atoms with Crippen molar-refractivity contribution in [1.82, 2.24) is 5.32 Å². The molecule has 1 aliphatic carbocycles. The Morgan fingerprint density at radius 1 is 1.39 bits per heavy atom. The highest BCUT2D eigenvalue weighted by atomic mass is 32.2. The molecule has 0 heterocycles. The zero-order chi connectivity index (χ0) is 13.8. The summed E-state index contributed by atoms with van der Waals surface area (Å²) >= 11 is 1.52. The van der Waals surface area contributed by atoms with Gasteiger partial charge in [-0.2, -0.15) is 11.8 Å². The Hall–Kier alpha value is -0.750. The van der Waals surface area contributed by atoms with E-state index in [-0.39, 0.29) is 18.4 Å². The van der Waals surface area contributed by atoms with Crippen LogP contribution in [-0.2, 0) is 9.59 Å². The third kappa shape index (κ3) is 4.49. The van der Waals surface area contributed by atoms with Gasteiger partial charge in [-0.05, 0) is 32.4 Å². The fraction of sp³-hybridized carbons (Fsp3) is 0.833. The average molecular weight is 275 g/mol. The molecule has 1 fully saturated rings. The van der Waals surface area contributed by atoms with Crippen LogP contribution in [0.5, 0.6) is 0 Å².